The minimum Gasteiger partial charge on any atom is -0.383 e. The third-order valence-electron chi connectivity index (χ3n) is 2.79. The van der Waals surface area contributed by atoms with E-state index in [0.717, 1.165) is 10.4 Å². The van der Waals surface area contributed by atoms with E-state index < -0.39 is 0 Å². The number of anilines is 1. The van der Waals surface area contributed by atoms with Crippen LogP contribution < -0.4 is 5.73 Å². The fraction of sp³-hybridized carbons (Fsp3) is 0.0769. The van der Waals surface area contributed by atoms with Crippen LogP contribution in [-0.4, -0.2) is 9.97 Å². The molecule has 3 aromatic rings. The van der Waals surface area contributed by atoms with Gasteiger partial charge in [0.05, 0.1) is 15.4 Å². The highest BCUT2D eigenvalue weighted by Gasteiger charge is 2.14. The number of rotatable bonds is 1. The molecule has 2 N–H and O–H groups in total. The van der Waals surface area contributed by atoms with E-state index in [4.69, 9.17) is 17.3 Å². The van der Waals surface area contributed by atoms with Crippen LogP contribution in [0.4, 0.5) is 10.2 Å². The Labute approximate surface area is 117 Å². The van der Waals surface area contributed by atoms with Crippen molar-refractivity contribution >= 4 is 39.7 Å². The zero-order valence-corrected chi connectivity index (χ0v) is 11.5. The molecule has 0 aliphatic rings. The summed E-state index contributed by atoms with van der Waals surface area (Å²) >= 11 is 7.64. The molecule has 2 heterocycles. The summed E-state index contributed by atoms with van der Waals surface area (Å²) in [6, 6.07) is 4.25. The van der Waals surface area contributed by atoms with E-state index in [-0.39, 0.29) is 5.82 Å². The van der Waals surface area contributed by atoms with E-state index in [2.05, 4.69) is 9.97 Å². The zero-order valence-electron chi connectivity index (χ0n) is 9.95. The van der Waals surface area contributed by atoms with E-state index in [1.54, 1.807) is 6.07 Å². The molecular weight excluding hydrogens is 285 g/mol. The average molecular weight is 294 g/mol. The molecule has 0 bridgehead atoms. The van der Waals surface area contributed by atoms with Crippen molar-refractivity contribution in [1.82, 2.24) is 9.97 Å². The minimum atomic E-state index is -0.356. The summed E-state index contributed by atoms with van der Waals surface area (Å²) in [5.41, 5.74) is 7.33. The van der Waals surface area contributed by atoms with Crippen LogP contribution in [0.1, 0.15) is 5.56 Å². The van der Waals surface area contributed by atoms with Gasteiger partial charge in [0.25, 0.3) is 0 Å². The average Bonchev–Trinajstić information content (AvgIpc) is 2.69. The number of nitrogens with two attached hydrogens (primary N) is 1. The highest BCUT2D eigenvalue weighted by atomic mass is 35.5. The van der Waals surface area contributed by atoms with Crippen molar-refractivity contribution in [3.05, 3.63) is 40.0 Å². The fourth-order valence-electron chi connectivity index (χ4n) is 1.81. The van der Waals surface area contributed by atoms with Crippen molar-refractivity contribution in [3.63, 3.8) is 0 Å². The van der Waals surface area contributed by atoms with Crippen molar-refractivity contribution in [2.75, 3.05) is 5.73 Å². The summed E-state index contributed by atoms with van der Waals surface area (Å²) < 4.78 is 13.3. The van der Waals surface area contributed by atoms with Crippen LogP contribution in [0.3, 0.4) is 0 Å². The largest absolute Gasteiger partial charge is 0.383 e. The summed E-state index contributed by atoms with van der Waals surface area (Å²) in [6.45, 7) is 1.91. The SMILES string of the molecule is Cc1csc(-c2nc(N)c3ccc(F)cc3n2)c1Cl. The van der Waals surface area contributed by atoms with Crippen LogP contribution in [0, 0.1) is 12.7 Å². The molecule has 0 saturated carbocycles. The fourth-order valence-corrected chi connectivity index (χ4v) is 3.02. The smallest absolute Gasteiger partial charge is 0.173 e. The van der Waals surface area contributed by atoms with Crippen LogP contribution in [0.5, 0.6) is 0 Å². The molecular formula is C13H9ClFN3S. The molecule has 0 aliphatic carbocycles. The van der Waals surface area contributed by atoms with Gasteiger partial charge in [-0.1, -0.05) is 11.6 Å². The Hall–Kier alpha value is -1.72. The van der Waals surface area contributed by atoms with Gasteiger partial charge in [-0.05, 0) is 30.0 Å². The molecule has 0 radical (unpaired) electrons. The van der Waals surface area contributed by atoms with E-state index >= 15 is 0 Å². The third-order valence-corrected chi connectivity index (χ3v) is 4.48. The van der Waals surface area contributed by atoms with E-state index in [1.165, 1.54) is 23.5 Å². The first-order valence-electron chi connectivity index (χ1n) is 5.53. The predicted octanol–water partition coefficient (Wildman–Crippen LogP) is 4.04. The number of nitrogens with zero attached hydrogens (tertiary/aromatic N) is 2. The minimum absolute atomic E-state index is 0.321. The molecule has 3 nitrogen and oxygen atoms in total. The Morgan fingerprint density at radius 1 is 1.32 bits per heavy atom. The first-order valence-corrected chi connectivity index (χ1v) is 6.79. The lowest BCUT2D eigenvalue weighted by atomic mass is 10.2. The number of fused-ring (bicyclic) bond motifs is 1. The van der Waals surface area contributed by atoms with Gasteiger partial charge in [-0.25, -0.2) is 14.4 Å². The lowest BCUT2D eigenvalue weighted by molar-refractivity contribution is 0.629. The number of nitrogen functional groups attached to an aromatic ring is 1. The Kier molecular flexibility index (Phi) is 2.88. The van der Waals surface area contributed by atoms with Gasteiger partial charge in [0.2, 0.25) is 0 Å². The molecule has 96 valence electrons. The lowest BCUT2D eigenvalue weighted by Gasteiger charge is -2.04. The number of aryl methyl sites for hydroxylation is 1. The number of halogens is 2. The predicted molar refractivity (Wildman–Crippen MR) is 77.0 cm³/mol. The maximum atomic E-state index is 13.3. The summed E-state index contributed by atoms with van der Waals surface area (Å²) in [4.78, 5) is 9.33. The van der Waals surface area contributed by atoms with Crippen molar-refractivity contribution in [2.24, 2.45) is 0 Å². The lowest BCUT2D eigenvalue weighted by Crippen LogP contribution is -1.97. The molecule has 0 saturated heterocycles. The molecule has 3 rings (SSSR count). The molecule has 0 aliphatic heterocycles. The van der Waals surface area contributed by atoms with E-state index in [1.807, 2.05) is 12.3 Å². The summed E-state index contributed by atoms with van der Waals surface area (Å²) in [7, 11) is 0. The third kappa shape index (κ3) is 2.05. The molecule has 0 amide bonds. The van der Waals surface area contributed by atoms with Gasteiger partial charge in [-0.15, -0.1) is 11.3 Å². The maximum Gasteiger partial charge on any atom is 0.173 e. The van der Waals surface area contributed by atoms with Crippen LogP contribution in [0.2, 0.25) is 5.02 Å². The molecule has 2 aromatic heterocycles. The molecule has 0 atom stereocenters. The maximum absolute atomic E-state index is 13.3. The molecule has 0 fully saturated rings. The van der Waals surface area contributed by atoms with Gasteiger partial charge in [0, 0.05) is 11.5 Å². The highest BCUT2D eigenvalue weighted by Crippen LogP contribution is 2.35. The van der Waals surface area contributed by atoms with Gasteiger partial charge < -0.3 is 5.73 Å². The van der Waals surface area contributed by atoms with Gasteiger partial charge in [0.15, 0.2) is 5.82 Å². The van der Waals surface area contributed by atoms with Crippen LogP contribution >= 0.6 is 22.9 Å². The first-order chi connectivity index (χ1) is 9.06. The van der Waals surface area contributed by atoms with Crippen LogP contribution in [0.15, 0.2) is 23.6 Å². The zero-order chi connectivity index (χ0) is 13.6. The summed E-state index contributed by atoms with van der Waals surface area (Å²) in [5.74, 6) is 0.394. The second-order valence-electron chi connectivity index (χ2n) is 4.16. The van der Waals surface area contributed by atoms with Crippen LogP contribution in [0.25, 0.3) is 21.6 Å². The Morgan fingerprint density at radius 2 is 2.11 bits per heavy atom. The molecule has 0 unspecified atom stereocenters. The Bertz CT molecular complexity index is 785. The van der Waals surface area contributed by atoms with Crippen molar-refractivity contribution in [3.8, 4) is 10.7 Å². The van der Waals surface area contributed by atoms with Gasteiger partial charge in [-0.2, -0.15) is 0 Å². The van der Waals surface area contributed by atoms with E-state index in [9.17, 15) is 4.39 Å². The molecule has 6 heteroatoms. The Morgan fingerprint density at radius 3 is 2.79 bits per heavy atom. The first kappa shape index (κ1) is 12.3. The molecule has 0 spiro atoms. The van der Waals surface area contributed by atoms with Crippen molar-refractivity contribution in [1.29, 1.82) is 0 Å². The van der Waals surface area contributed by atoms with Gasteiger partial charge in [-0.3, -0.25) is 0 Å². The van der Waals surface area contributed by atoms with Crippen LogP contribution in [-0.2, 0) is 0 Å². The van der Waals surface area contributed by atoms with Crippen molar-refractivity contribution < 1.29 is 4.39 Å². The second kappa shape index (κ2) is 4.43. The van der Waals surface area contributed by atoms with Crippen molar-refractivity contribution in [2.45, 2.75) is 6.92 Å². The monoisotopic (exact) mass is 293 g/mol. The number of hydrogen-bond donors (Lipinski definition) is 1. The standard InChI is InChI=1S/C13H9ClFN3S/c1-6-5-19-11(10(6)14)13-17-9-4-7(15)2-3-8(9)12(16)18-13/h2-5H,1H3,(H2,16,17,18). The Balaban J connectivity index is 2.28. The normalized spacial score (nSPS) is 11.1. The number of thiophene rings is 1. The second-order valence-corrected chi connectivity index (χ2v) is 5.41. The number of hydrogen-bond acceptors (Lipinski definition) is 4. The quantitative estimate of drug-likeness (QED) is 0.736. The van der Waals surface area contributed by atoms with E-state index in [0.29, 0.717) is 27.6 Å². The molecule has 19 heavy (non-hydrogen) atoms. The number of aromatic nitrogens is 2. The van der Waals surface area contributed by atoms with Gasteiger partial charge >= 0.3 is 0 Å². The summed E-state index contributed by atoms with van der Waals surface area (Å²) in [6.07, 6.45) is 0. The topological polar surface area (TPSA) is 51.8 Å². The molecule has 1 aromatic carbocycles. The summed E-state index contributed by atoms with van der Waals surface area (Å²) in [5, 5.41) is 3.17. The highest BCUT2D eigenvalue weighted by molar-refractivity contribution is 7.14. The number of benzene rings is 1. The van der Waals surface area contributed by atoms with Gasteiger partial charge in [0.1, 0.15) is 11.6 Å².